The number of H-pyrrole nitrogens is 1. The molecule has 2 aliphatic rings. The molecule has 1 saturated heterocycles. The molecule has 24 heavy (non-hydrogen) atoms. The zero-order valence-corrected chi connectivity index (χ0v) is 14.0. The van der Waals surface area contributed by atoms with Crippen molar-refractivity contribution in [2.45, 2.75) is 43.6 Å². The van der Waals surface area contributed by atoms with Gasteiger partial charge in [0.2, 0.25) is 0 Å². The third kappa shape index (κ3) is 2.84. The number of hydrogen-bond acceptors (Lipinski definition) is 3. The molecule has 1 aliphatic heterocycles. The van der Waals surface area contributed by atoms with E-state index >= 15 is 0 Å². The lowest BCUT2D eigenvalue weighted by atomic mass is 9.97. The number of piperidine rings is 1. The Labute approximate surface area is 142 Å². The highest BCUT2D eigenvalue weighted by molar-refractivity contribution is 5.92. The van der Waals surface area contributed by atoms with Crippen LogP contribution in [0.4, 0.5) is 0 Å². The minimum Gasteiger partial charge on any atom is -0.347 e. The number of imidazole rings is 1. The standard InChI is InChI=1S/C19H24N4O/c1-19(14-5-3-2-4-6-14)11-16(19)23-18(24)15-12-21-17(22-15)13-7-9-20-10-8-13/h2-6,12-13,16,20H,7-11H2,1H3,(H,21,22)(H,23,24). The highest BCUT2D eigenvalue weighted by Crippen LogP contribution is 2.47. The molecule has 0 spiro atoms. The van der Waals surface area contributed by atoms with Gasteiger partial charge in [-0.3, -0.25) is 4.79 Å². The lowest BCUT2D eigenvalue weighted by Crippen LogP contribution is -2.30. The van der Waals surface area contributed by atoms with Gasteiger partial charge in [0.25, 0.3) is 5.91 Å². The predicted molar refractivity (Wildman–Crippen MR) is 93.1 cm³/mol. The lowest BCUT2D eigenvalue weighted by Gasteiger charge is -2.20. The van der Waals surface area contributed by atoms with Gasteiger partial charge in [0.05, 0.1) is 6.20 Å². The van der Waals surface area contributed by atoms with Crippen molar-refractivity contribution in [3.05, 3.63) is 53.6 Å². The number of nitrogens with zero attached hydrogens (tertiary/aromatic N) is 1. The van der Waals surface area contributed by atoms with E-state index in [1.165, 1.54) is 5.56 Å². The number of aromatic nitrogens is 2. The van der Waals surface area contributed by atoms with Gasteiger partial charge in [-0.2, -0.15) is 0 Å². The molecule has 1 aromatic heterocycles. The Balaban J connectivity index is 1.40. The van der Waals surface area contributed by atoms with Crippen molar-refractivity contribution in [2.75, 3.05) is 13.1 Å². The van der Waals surface area contributed by atoms with Crippen molar-refractivity contribution in [3.8, 4) is 0 Å². The number of amides is 1. The normalized spacial score (nSPS) is 27.0. The van der Waals surface area contributed by atoms with Gasteiger partial charge in [0, 0.05) is 17.4 Å². The third-order valence-corrected chi connectivity index (χ3v) is 5.54. The predicted octanol–water partition coefficient (Wildman–Crippen LogP) is 2.34. The van der Waals surface area contributed by atoms with E-state index in [9.17, 15) is 4.79 Å². The Morgan fingerprint density at radius 3 is 2.75 bits per heavy atom. The molecule has 1 saturated carbocycles. The van der Waals surface area contributed by atoms with Gasteiger partial charge in [0.15, 0.2) is 0 Å². The molecule has 126 valence electrons. The minimum absolute atomic E-state index is 0.0488. The van der Waals surface area contributed by atoms with Crippen molar-refractivity contribution >= 4 is 5.91 Å². The molecule has 1 aliphatic carbocycles. The first-order valence-corrected chi connectivity index (χ1v) is 8.79. The Morgan fingerprint density at radius 1 is 1.25 bits per heavy atom. The van der Waals surface area contributed by atoms with E-state index in [4.69, 9.17) is 0 Å². The van der Waals surface area contributed by atoms with Crippen LogP contribution in [0.5, 0.6) is 0 Å². The molecule has 0 radical (unpaired) electrons. The fraction of sp³-hybridized carbons (Fsp3) is 0.474. The molecular formula is C19H24N4O. The van der Waals surface area contributed by atoms with Crippen LogP contribution < -0.4 is 10.6 Å². The number of aromatic amines is 1. The van der Waals surface area contributed by atoms with Crippen molar-refractivity contribution in [2.24, 2.45) is 0 Å². The van der Waals surface area contributed by atoms with E-state index in [1.807, 2.05) is 6.07 Å². The monoisotopic (exact) mass is 324 g/mol. The topological polar surface area (TPSA) is 69.8 Å². The first kappa shape index (κ1) is 15.4. The maximum absolute atomic E-state index is 12.5. The highest BCUT2D eigenvalue weighted by atomic mass is 16.2. The fourth-order valence-corrected chi connectivity index (χ4v) is 3.70. The van der Waals surface area contributed by atoms with Gasteiger partial charge in [-0.1, -0.05) is 37.3 Å². The number of nitrogens with one attached hydrogen (secondary N) is 3. The second-order valence-electron chi connectivity index (χ2n) is 7.22. The summed E-state index contributed by atoms with van der Waals surface area (Å²) < 4.78 is 0. The molecule has 2 unspecified atom stereocenters. The van der Waals surface area contributed by atoms with Crippen molar-refractivity contribution in [1.82, 2.24) is 20.6 Å². The average molecular weight is 324 g/mol. The number of hydrogen-bond donors (Lipinski definition) is 3. The SMILES string of the molecule is CC1(c2ccccc2)CC1NC(=O)c1cnc(C2CCNCC2)[nH]1. The van der Waals surface area contributed by atoms with E-state index < -0.39 is 0 Å². The molecule has 2 fully saturated rings. The van der Waals surface area contributed by atoms with E-state index in [0.717, 1.165) is 38.2 Å². The number of carbonyl (C=O) groups is 1. The first-order chi connectivity index (χ1) is 11.7. The number of carbonyl (C=O) groups excluding carboxylic acids is 1. The third-order valence-electron chi connectivity index (χ3n) is 5.54. The zero-order valence-electron chi connectivity index (χ0n) is 14.0. The van der Waals surface area contributed by atoms with Crippen LogP contribution in [0.25, 0.3) is 0 Å². The Morgan fingerprint density at radius 2 is 2.00 bits per heavy atom. The van der Waals surface area contributed by atoms with Crippen molar-refractivity contribution < 1.29 is 4.79 Å². The van der Waals surface area contributed by atoms with Gasteiger partial charge in [-0.15, -0.1) is 0 Å². The summed E-state index contributed by atoms with van der Waals surface area (Å²) in [6.45, 7) is 4.25. The summed E-state index contributed by atoms with van der Waals surface area (Å²) in [6, 6.07) is 10.6. The maximum Gasteiger partial charge on any atom is 0.269 e. The molecule has 3 N–H and O–H groups in total. The molecule has 0 bridgehead atoms. The van der Waals surface area contributed by atoms with Gasteiger partial charge in [0.1, 0.15) is 11.5 Å². The molecular weight excluding hydrogens is 300 g/mol. The largest absolute Gasteiger partial charge is 0.347 e. The zero-order chi connectivity index (χ0) is 16.6. The van der Waals surface area contributed by atoms with E-state index in [0.29, 0.717) is 11.6 Å². The van der Waals surface area contributed by atoms with Crippen LogP contribution in [0.1, 0.15) is 54.0 Å². The van der Waals surface area contributed by atoms with Crippen LogP contribution in [-0.2, 0) is 5.41 Å². The molecule has 5 nitrogen and oxygen atoms in total. The lowest BCUT2D eigenvalue weighted by molar-refractivity contribution is 0.0943. The maximum atomic E-state index is 12.5. The van der Waals surface area contributed by atoms with Crippen LogP contribution in [0, 0.1) is 0 Å². The first-order valence-electron chi connectivity index (χ1n) is 8.79. The summed E-state index contributed by atoms with van der Waals surface area (Å²) in [5.41, 5.74) is 1.91. The number of benzene rings is 1. The van der Waals surface area contributed by atoms with Gasteiger partial charge in [-0.25, -0.2) is 4.98 Å². The highest BCUT2D eigenvalue weighted by Gasteiger charge is 2.52. The van der Waals surface area contributed by atoms with Crippen LogP contribution >= 0.6 is 0 Å². The summed E-state index contributed by atoms with van der Waals surface area (Å²) in [5, 5.41) is 6.50. The quantitative estimate of drug-likeness (QED) is 0.808. The van der Waals surface area contributed by atoms with Crippen LogP contribution in [0.3, 0.4) is 0 Å². The number of rotatable bonds is 4. The van der Waals surface area contributed by atoms with E-state index in [1.54, 1.807) is 6.20 Å². The van der Waals surface area contributed by atoms with Gasteiger partial charge < -0.3 is 15.6 Å². The second-order valence-corrected chi connectivity index (χ2v) is 7.22. The average Bonchev–Trinajstić information content (AvgIpc) is 3.07. The second kappa shape index (κ2) is 6.06. The van der Waals surface area contributed by atoms with Crippen molar-refractivity contribution in [1.29, 1.82) is 0 Å². The Bertz CT molecular complexity index is 720. The van der Waals surface area contributed by atoms with Gasteiger partial charge in [-0.05, 0) is 37.9 Å². The molecule has 5 heteroatoms. The van der Waals surface area contributed by atoms with E-state index in [-0.39, 0.29) is 17.4 Å². The van der Waals surface area contributed by atoms with Gasteiger partial charge >= 0.3 is 0 Å². The molecule has 2 aromatic rings. The van der Waals surface area contributed by atoms with E-state index in [2.05, 4.69) is 51.8 Å². The molecule has 1 amide bonds. The van der Waals surface area contributed by atoms with Crippen LogP contribution in [-0.4, -0.2) is 35.0 Å². The van der Waals surface area contributed by atoms with Crippen molar-refractivity contribution in [3.63, 3.8) is 0 Å². The smallest absolute Gasteiger partial charge is 0.269 e. The fourth-order valence-electron chi connectivity index (χ4n) is 3.70. The Hall–Kier alpha value is -2.14. The molecule has 2 atom stereocenters. The molecule has 4 rings (SSSR count). The molecule has 1 aromatic carbocycles. The Kier molecular flexibility index (Phi) is 3.88. The summed E-state index contributed by atoms with van der Waals surface area (Å²) in [5.74, 6) is 1.33. The summed E-state index contributed by atoms with van der Waals surface area (Å²) in [7, 11) is 0. The van der Waals surface area contributed by atoms with Crippen LogP contribution in [0.2, 0.25) is 0 Å². The summed E-state index contributed by atoms with van der Waals surface area (Å²) in [6.07, 6.45) is 4.81. The minimum atomic E-state index is -0.0488. The summed E-state index contributed by atoms with van der Waals surface area (Å²) >= 11 is 0. The van der Waals surface area contributed by atoms with Crippen LogP contribution in [0.15, 0.2) is 36.5 Å². The summed E-state index contributed by atoms with van der Waals surface area (Å²) in [4.78, 5) is 20.2. The molecule has 2 heterocycles.